The highest BCUT2D eigenvalue weighted by molar-refractivity contribution is 6.03. The monoisotopic (exact) mass is 213 g/mol. The van der Waals surface area contributed by atoms with Crippen LogP contribution >= 0.6 is 0 Å². The first-order valence-electron chi connectivity index (χ1n) is 5.39. The van der Waals surface area contributed by atoms with Crippen molar-refractivity contribution in [1.82, 2.24) is 5.32 Å². The van der Waals surface area contributed by atoms with Crippen LogP contribution in [-0.2, 0) is 14.3 Å². The number of rotatable bonds is 4. The number of esters is 1. The van der Waals surface area contributed by atoms with Gasteiger partial charge in [-0.3, -0.25) is 9.59 Å². The molecule has 0 unspecified atom stereocenters. The molecule has 4 nitrogen and oxygen atoms in total. The summed E-state index contributed by atoms with van der Waals surface area (Å²) in [6, 6.07) is 0. The lowest BCUT2D eigenvalue weighted by molar-refractivity contribution is -0.165. The highest BCUT2D eigenvalue weighted by Gasteiger charge is 2.51. The Morgan fingerprint density at radius 3 is 2.33 bits per heavy atom. The molecule has 0 radical (unpaired) electrons. The molecule has 0 aromatic heterocycles. The number of methoxy groups -OCH3 is 1. The smallest absolute Gasteiger partial charge is 0.321 e. The zero-order valence-corrected chi connectivity index (χ0v) is 9.63. The van der Waals surface area contributed by atoms with E-state index in [-0.39, 0.29) is 5.91 Å². The predicted molar refractivity (Wildman–Crippen MR) is 56.1 cm³/mol. The summed E-state index contributed by atoms with van der Waals surface area (Å²) in [5, 5.41) is 2.80. The minimum absolute atomic E-state index is 0.172. The number of carbonyl (C=O) groups is 2. The van der Waals surface area contributed by atoms with Crippen LogP contribution in [0.4, 0.5) is 0 Å². The topological polar surface area (TPSA) is 55.4 Å². The SMILES string of the molecule is COC(=O)C1(C(=O)NCC(C)C)CCC1. The lowest BCUT2D eigenvalue weighted by atomic mass is 9.68. The molecule has 0 aromatic carbocycles. The third-order valence-electron chi connectivity index (χ3n) is 2.89. The van der Waals surface area contributed by atoms with Gasteiger partial charge in [0.15, 0.2) is 0 Å². The Morgan fingerprint density at radius 2 is 2.00 bits per heavy atom. The minimum atomic E-state index is -0.885. The summed E-state index contributed by atoms with van der Waals surface area (Å²) in [5.41, 5.74) is -0.885. The van der Waals surface area contributed by atoms with Crippen LogP contribution in [-0.4, -0.2) is 25.5 Å². The molecule has 0 bridgehead atoms. The van der Waals surface area contributed by atoms with Crippen molar-refractivity contribution in [2.24, 2.45) is 11.3 Å². The predicted octanol–water partition coefficient (Wildman–Crippen LogP) is 1.10. The maximum absolute atomic E-state index is 11.8. The summed E-state index contributed by atoms with van der Waals surface area (Å²) in [4.78, 5) is 23.4. The van der Waals surface area contributed by atoms with Crippen molar-refractivity contribution in [2.45, 2.75) is 33.1 Å². The fourth-order valence-electron chi connectivity index (χ4n) is 1.72. The molecule has 1 aliphatic rings. The van der Waals surface area contributed by atoms with E-state index in [4.69, 9.17) is 0 Å². The van der Waals surface area contributed by atoms with Crippen molar-refractivity contribution >= 4 is 11.9 Å². The summed E-state index contributed by atoms with van der Waals surface area (Å²) in [7, 11) is 1.33. The third-order valence-corrected chi connectivity index (χ3v) is 2.89. The molecule has 0 atom stereocenters. The van der Waals surface area contributed by atoms with Gasteiger partial charge in [0.05, 0.1) is 7.11 Å². The number of hydrogen-bond acceptors (Lipinski definition) is 3. The van der Waals surface area contributed by atoms with E-state index in [1.54, 1.807) is 0 Å². The van der Waals surface area contributed by atoms with Gasteiger partial charge in [0.2, 0.25) is 5.91 Å². The second kappa shape index (κ2) is 4.64. The first kappa shape index (κ1) is 12.0. The van der Waals surface area contributed by atoms with Gasteiger partial charge in [-0.1, -0.05) is 20.3 Å². The fraction of sp³-hybridized carbons (Fsp3) is 0.818. The van der Waals surface area contributed by atoms with Gasteiger partial charge in [-0.15, -0.1) is 0 Å². The normalized spacial score (nSPS) is 18.1. The average molecular weight is 213 g/mol. The van der Waals surface area contributed by atoms with Crippen LogP contribution in [0.1, 0.15) is 33.1 Å². The van der Waals surface area contributed by atoms with Crippen LogP contribution in [0.15, 0.2) is 0 Å². The Morgan fingerprint density at radius 1 is 1.40 bits per heavy atom. The van der Waals surface area contributed by atoms with Crippen molar-refractivity contribution in [2.75, 3.05) is 13.7 Å². The van der Waals surface area contributed by atoms with E-state index in [1.807, 2.05) is 13.8 Å². The van der Waals surface area contributed by atoms with Crippen LogP contribution in [0, 0.1) is 11.3 Å². The molecule has 1 N–H and O–H groups in total. The second-order valence-electron chi connectivity index (χ2n) is 4.53. The second-order valence-corrected chi connectivity index (χ2v) is 4.53. The standard InChI is InChI=1S/C11H19NO3/c1-8(2)7-12-9(13)11(5-4-6-11)10(14)15-3/h8H,4-7H2,1-3H3,(H,12,13). The molecular weight excluding hydrogens is 194 g/mol. The molecule has 0 aromatic rings. The van der Waals surface area contributed by atoms with Gasteiger partial charge in [-0.2, -0.15) is 0 Å². The van der Waals surface area contributed by atoms with E-state index >= 15 is 0 Å². The highest BCUT2D eigenvalue weighted by atomic mass is 16.5. The maximum Gasteiger partial charge on any atom is 0.321 e. The summed E-state index contributed by atoms with van der Waals surface area (Å²) in [6.45, 7) is 4.65. The largest absolute Gasteiger partial charge is 0.468 e. The number of amides is 1. The first-order valence-corrected chi connectivity index (χ1v) is 5.39. The fourth-order valence-corrected chi connectivity index (χ4v) is 1.72. The van der Waals surface area contributed by atoms with Gasteiger partial charge < -0.3 is 10.1 Å². The van der Waals surface area contributed by atoms with E-state index in [9.17, 15) is 9.59 Å². The van der Waals surface area contributed by atoms with Crippen LogP contribution < -0.4 is 5.32 Å². The zero-order chi connectivity index (χ0) is 11.5. The summed E-state index contributed by atoms with van der Waals surface area (Å²) < 4.78 is 4.69. The Kier molecular flexibility index (Phi) is 3.72. The Labute approximate surface area is 90.4 Å². The number of hydrogen-bond donors (Lipinski definition) is 1. The van der Waals surface area contributed by atoms with Crippen molar-refractivity contribution in [3.05, 3.63) is 0 Å². The van der Waals surface area contributed by atoms with Crippen LogP contribution in [0.3, 0.4) is 0 Å². The molecule has 86 valence electrons. The number of carbonyl (C=O) groups excluding carboxylic acids is 2. The van der Waals surface area contributed by atoms with Gasteiger partial charge in [-0.05, 0) is 18.8 Å². The lowest BCUT2D eigenvalue weighted by Crippen LogP contribution is -2.52. The van der Waals surface area contributed by atoms with Gasteiger partial charge in [-0.25, -0.2) is 0 Å². The molecule has 0 saturated heterocycles. The molecule has 4 heteroatoms. The number of ether oxygens (including phenoxy) is 1. The molecule has 1 amide bonds. The minimum Gasteiger partial charge on any atom is -0.468 e. The summed E-state index contributed by atoms with van der Waals surface area (Å²) >= 11 is 0. The van der Waals surface area contributed by atoms with Gasteiger partial charge >= 0.3 is 5.97 Å². The average Bonchev–Trinajstić information content (AvgIpc) is 2.12. The molecular formula is C11H19NO3. The van der Waals surface area contributed by atoms with E-state index in [2.05, 4.69) is 10.1 Å². The first-order chi connectivity index (χ1) is 7.03. The molecule has 1 fully saturated rings. The molecule has 15 heavy (non-hydrogen) atoms. The molecule has 0 aliphatic heterocycles. The van der Waals surface area contributed by atoms with Gasteiger partial charge in [0.1, 0.15) is 5.41 Å². The number of nitrogens with one attached hydrogen (secondary N) is 1. The van der Waals surface area contributed by atoms with Gasteiger partial charge in [0.25, 0.3) is 0 Å². The summed E-state index contributed by atoms with van der Waals surface area (Å²) in [5.74, 6) is -0.173. The van der Waals surface area contributed by atoms with E-state index in [1.165, 1.54) is 7.11 Å². The Bertz CT molecular complexity index is 257. The molecule has 0 heterocycles. The molecule has 1 saturated carbocycles. The van der Waals surface area contributed by atoms with Crippen molar-refractivity contribution in [3.8, 4) is 0 Å². The highest BCUT2D eigenvalue weighted by Crippen LogP contribution is 2.42. The Balaban J connectivity index is 2.58. The van der Waals surface area contributed by atoms with Crippen LogP contribution in [0.2, 0.25) is 0 Å². The summed E-state index contributed by atoms with van der Waals surface area (Å²) in [6.07, 6.45) is 2.15. The zero-order valence-electron chi connectivity index (χ0n) is 9.63. The maximum atomic E-state index is 11.8. The van der Waals surface area contributed by atoms with E-state index in [0.717, 1.165) is 6.42 Å². The molecule has 1 rings (SSSR count). The lowest BCUT2D eigenvalue weighted by Gasteiger charge is -2.37. The van der Waals surface area contributed by atoms with E-state index in [0.29, 0.717) is 25.3 Å². The van der Waals surface area contributed by atoms with Gasteiger partial charge in [0, 0.05) is 6.54 Å². The van der Waals surface area contributed by atoms with Crippen molar-refractivity contribution in [1.29, 1.82) is 0 Å². The van der Waals surface area contributed by atoms with Crippen LogP contribution in [0.25, 0.3) is 0 Å². The van der Waals surface area contributed by atoms with Crippen molar-refractivity contribution in [3.63, 3.8) is 0 Å². The molecule has 1 aliphatic carbocycles. The quantitative estimate of drug-likeness (QED) is 0.562. The molecule has 0 spiro atoms. The Hall–Kier alpha value is -1.06. The third kappa shape index (κ3) is 2.30. The van der Waals surface area contributed by atoms with Crippen molar-refractivity contribution < 1.29 is 14.3 Å². The van der Waals surface area contributed by atoms with E-state index < -0.39 is 11.4 Å². The van der Waals surface area contributed by atoms with Crippen LogP contribution in [0.5, 0.6) is 0 Å².